The first kappa shape index (κ1) is 16.6. The van der Waals surface area contributed by atoms with Gasteiger partial charge >= 0.3 is 5.97 Å². The van der Waals surface area contributed by atoms with E-state index in [1.165, 1.54) is 14.2 Å². The zero-order valence-electron chi connectivity index (χ0n) is 11.1. The van der Waals surface area contributed by atoms with Crippen molar-refractivity contribution in [1.29, 1.82) is 0 Å². The molecule has 10 heteroatoms. The van der Waals surface area contributed by atoms with Crippen molar-refractivity contribution in [2.75, 3.05) is 27.4 Å². The molecule has 0 unspecified atom stereocenters. The number of hydrogen-bond acceptors (Lipinski definition) is 7. The van der Waals surface area contributed by atoms with E-state index in [2.05, 4.69) is 10.0 Å². The summed E-state index contributed by atoms with van der Waals surface area (Å²) >= 11 is 0. The largest absolute Gasteiger partial charge is 0.480 e. The maximum absolute atomic E-state index is 10.6. The summed E-state index contributed by atoms with van der Waals surface area (Å²) in [7, 11) is 2.67. The van der Waals surface area contributed by atoms with Crippen LogP contribution in [0.2, 0.25) is 0 Å². The van der Waals surface area contributed by atoms with Gasteiger partial charge in [-0.2, -0.15) is 0 Å². The predicted octanol–water partition coefficient (Wildman–Crippen LogP) is -0.486. The number of hydrogen-bond donors (Lipinski definition) is 2. The SMILES string of the molecule is CO[C@H]1O[C@H](CN=[N+]=[N-])[C@@H](OC)[C@H](OCC(=O)O)[C@H]1O. The minimum atomic E-state index is -1.23. The Hall–Kier alpha value is -1.42. The van der Waals surface area contributed by atoms with Crippen molar-refractivity contribution in [2.45, 2.75) is 30.7 Å². The average molecular weight is 291 g/mol. The van der Waals surface area contributed by atoms with Gasteiger partial charge in [0.15, 0.2) is 6.29 Å². The van der Waals surface area contributed by atoms with Gasteiger partial charge in [-0.1, -0.05) is 5.11 Å². The van der Waals surface area contributed by atoms with Crippen molar-refractivity contribution < 1.29 is 34.0 Å². The lowest BCUT2D eigenvalue weighted by Crippen LogP contribution is -2.60. The number of rotatable bonds is 7. The van der Waals surface area contributed by atoms with Crippen LogP contribution < -0.4 is 0 Å². The number of carbonyl (C=O) groups is 1. The summed E-state index contributed by atoms with van der Waals surface area (Å²) in [6, 6.07) is 0. The fourth-order valence-electron chi connectivity index (χ4n) is 2.00. The normalized spacial score (nSPS) is 33.5. The zero-order chi connectivity index (χ0) is 15.1. The highest BCUT2D eigenvalue weighted by Crippen LogP contribution is 2.26. The van der Waals surface area contributed by atoms with Crippen LogP contribution >= 0.6 is 0 Å². The second-order valence-electron chi connectivity index (χ2n) is 4.05. The molecule has 1 fully saturated rings. The molecule has 0 saturated carbocycles. The highest BCUT2D eigenvalue weighted by atomic mass is 16.7. The molecule has 0 aromatic rings. The molecule has 0 aliphatic carbocycles. The van der Waals surface area contributed by atoms with Gasteiger partial charge in [-0.25, -0.2) is 4.79 Å². The molecule has 0 amide bonds. The summed E-state index contributed by atoms with van der Waals surface area (Å²) in [5.74, 6) is -1.18. The van der Waals surface area contributed by atoms with Crippen LogP contribution in [0, 0.1) is 0 Å². The van der Waals surface area contributed by atoms with E-state index in [-0.39, 0.29) is 6.54 Å². The lowest BCUT2D eigenvalue weighted by Gasteiger charge is -2.42. The first-order valence-corrected chi connectivity index (χ1v) is 5.78. The van der Waals surface area contributed by atoms with Crippen LogP contribution in [-0.2, 0) is 23.7 Å². The maximum atomic E-state index is 10.6. The van der Waals surface area contributed by atoms with Gasteiger partial charge in [-0.05, 0) is 5.53 Å². The summed E-state index contributed by atoms with van der Waals surface area (Å²) in [5.41, 5.74) is 8.35. The summed E-state index contributed by atoms with van der Waals surface area (Å²) in [5, 5.41) is 22.1. The van der Waals surface area contributed by atoms with Gasteiger partial charge in [0.25, 0.3) is 0 Å². The van der Waals surface area contributed by atoms with E-state index in [0.29, 0.717) is 0 Å². The van der Waals surface area contributed by atoms with E-state index >= 15 is 0 Å². The van der Waals surface area contributed by atoms with Crippen LogP contribution in [0.15, 0.2) is 5.11 Å². The second-order valence-corrected chi connectivity index (χ2v) is 4.05. The van der Waals surface area contributed by atoms with E-state index in [9.17, 15) is 9.90 Å². The molecule has 1 aliphatic heterocycles. The number of aliphatic hydroxyl groups is 1. The summed E-state index contributed by atoms with van der Waals surface area (Å²) in [4.78, 5) is 13.2. The third-order valence-corrected chi connectivity index (χ3v) is 2.84. The second kappa shape index (κ2) is 8.00. The molecule has 1 aliphatic rings. The van der Waals surface area contributed by atoms with Crippen molar-refractivity contribution in [3.63, 3.8) is 0 Å². The Morgan fingerprint density at radius 2 is 2.10 bits per heavy atom. The molecule has 1 rings (SSSR count). The van der Waals surface area contributed by atoms with Crippen molar-refractivity contribution in [2.24, 2.45) is 5.11 Å². The lowest BCUT2D eigenvalue weighted by atomic mass is 9.98. The molecule has 1 heterocycles. The Kier molecular flexibility index (Phi) is 6.65. The Labute approximate surface area is 114 Å². The van der Waals surface area contributed by atoms with E-state index in [1.54, 1.807) is 0 Å². The molecule has 0 spiro atoms. The number of carboxylic acid groups (broad SMARTS) is 1. The topological polar surface area (TPSA) is 143 Å². The third kappa shape index (κ3) is 4.04. The highest BCUT2D eigenvalue weighted by Gasteiger charge is 2.46. The standard InChI is InChI=1S/C10H17N3O7/c1-17-8-5(3-12-13-11)20-10(18-2)7(16)9(8)19-4-6(14)15/h5,7-10,16H,3-4H2,1-2H3,(H,14,15)/t5-,7-,8-,9-,10+/m1/s1. The van der Waals surface area contributed by atoms with Crippen molar-refractivity contribution in [1.82, 2.24) is 0 Å². The maximum Gasteiger partial charge on any atom is 0.329 e. The Balaban J connectivity index is 2.87. The van der Waals surface area contributed by atoms with Crippen LogP contribution in [0.5, 0.6) is 0 Å². The molecule has 10 nitrogen and oxygen atoms in total. The van der Waals surface area contributed by atoms with Crippen LogP contribution in [0.25, 0.3) is 10.4 Å². The van der Waals surface area contributed by atoms with Gasteiger partial charge in [0.2, 0.25) is 0 Å². The van der Waals surface area contributed by atoms with Gasteiger partial charge < -0.3 is 29.2 Å². The predicted molar refractivity (Wildman–Crippen MR) is 63.9 cm³/mol. The molecule has 0 bridgehead atoms. The fourth-order valence-corrected chi connectivity index (χ4v) is 2.00. The molecule has 5 atom stereocenters. The van der Waals surface area contributed by atoms with Crippen LogP contribution in [0.1, 0.15) is 0 Å². The van der Waals surface area contributed by atoms with Crippen LogP contribution in [0.3, 0.4) is 0 Å². The van der Waals surface area contributed by atoms with E-state index in [1.807, 2.05) is 0 Å². The van der Waals surface area contributed by atoms with Gasteiger partial charge in [0.1, 0.15) is 24.9 Å². The quantitative estimate of drug-likeness (QED) is 0.366. The molecule has 0 aromatic carbocycles. The molecule has 20 heavy (non-hydrogen) atoms. The summed E-state index contributed by atoms with van der Waals surface area (Å²) in [6.45, 7) is -0.666. The number of azide groups is 1. The molecular weight excluding hydrogens is 274 g/mol. The molecular formula is C10H17N3O7. The van der Waals surface area contributed by atoms with E-state index in [0.717, 1.165) is 0 Å². The number of aliphatic carboxylic acids is 1. The van der Waals surface area contributed by atoms with Gasteiger partial charge in [-0.3, -0.25) is 0 Å². The minimum Gasteiger partial charge on any atom is -0.480 e. The molecule has 0 aromatic heterocycles. The third-order valence-electron chi connectivity index (χ3n) is 2.84. The average Bonchev–Trinajstić information content (AvgIpc) is 2.43. The highest BCUT2D eigenvalue weighted by molar-refractivity contribution is 5.68. The lowest BCUT2D eigenvalue weighted by molar-refractivity contribution is -0.298. The monoisotopic (exact) mass is 291 g/mol. The number of methoxy groups -OCH3 is 2. The fraction of sp³-hybridized carbons (Fsp3) is 0.900. The number of carboxylic acids is 1. The van der Waals surface area contributed by atoms with Crippen molar-refractivity contribution in [3.05, 3.63) is 10.4 Å². The first-order chi connectivity index (χ1) is 9.54. The minimum absolute atomic E-state index is 0.0610. The summed E-state index contributed by atoms with van der Waals surface area (Å²) < 4.78 is 20.7. The number of aliphatic hydroxyl groups excluding tert-OH is 1. The zero-order valence-corrected chi connectivity index (χ0v) is 11.1. The van der Waals surface area contributed by atoms with Gasteiger partial charge in [0, 0.05) is 19.1 Å². The van der Waals surface area contributed by atoms with E-state index in [4.69, 9.17) is 29.6 Å². The Bertz CT molecular complexity index is 374. The summed E-state index contributed by atoms with van der Waals surface area (Å²) in [6.07, 6.45) is -4.75. The Morgan fingerprint density at radius 1 is 1.40 bits per heavy atom. The first-order valence-electron chi connectivity index (χ1n) is 5.78. The smallest absolute Gasteiger partial charge is 0.329 e. The van der Waals surface area contributed by atoms with Crippen LogP contribution in [0.4, 0.5) is 0 Å². The van der Waals surface area contributed by atoms with Crippen molar-refractivity contribution in [3.8, 4) is 0 Å². The van der Waals surface area contributed by atoms with Gasteiger partial charge in [0.05, 0.1) is 12.6 Å². The molecule has 1 saturated heterocycles. The molecule has 114 valence electrons. The van der Waals surface area contributed by atoms with Crippen LogP contribution in [-0.4, -0.2) is 74.3 Å². The molecule has 2 N–H and O–H groups in total. The molecule has 0 radical (unpaired) electrons. The van der Waals surface area contributed by atoms with Crippen molar-refractivity contribution >= 4 is 5.97 Å². The van der Waals surface area contributed by atoms with E-state index < -0.39 is 43.3 Å². The number of ether oxygens (including phenoxy) is 4. The van der Waals surface area contributed by atoms with Gasteiger partial charge in [-0.15, -0.1) is 0 Å². The Morgan fingerprint density at radius 3 is 2.60 bits per heavy atom. The number of nitrogens with zero attached hydrogens (tertiary/aromatic N) is 3.